The van der Waals surface area contributed by atoms with Gasteiger partial charge in [-0.15, -0.1) is 0 Å². The summed E-state index contributed by atoms with van der Waals surface area (Å²) in [7, 11) is 0. The monoisotopic (exact) mass is 412 g/mol. The SMILES string of the molecule is CC(c1ccc2c(c1)OCO2)N1CCN(c2ncc(C3(O)CCOCC3)cn2)CC1. The van der Waals surface area contributed by atoms with E-state index in [-0.39, 0.29) is 0 Å². The van der Waals surface area contributed by atoms with E-state index in [0.29, 0.717) is 38.9 Å². The number of anilines is 1. The Bertz CT molecular complexity index is 877. The van der Waals surface area contributed by atoms with Gasteiger partial charge in [0.05, 0.1) is 5.60 Å². The first kappa shape index (κ1) is 19.5. The van der Waals surface area contributed by atoms with E-state index in [2.05, 4.69) is 38.8 Å². The van der Waals surface area contributed by atoms with Crippen molar-refractivity contribution >= 4 is 5.95 Å². The average molecular weight is 412 g/mol. The molecular weight excluding hydrogens is 384 g/mol. The predicted octanol–water partition coefficient (Wildman–Crippen LogP) is 2.09. The molecule has 0 aliphatic carbocycles. The summed E-state index contributed by atoms with van der Waals surface area (Å²) in [4.78, 5) is 13.8. The number of piperazine rings is 1. The van der Waals surface area contributed by atoms with E-state index in [1.807, 2.05) is 6.07 Å². The van der Waals surface area contributed by atoms with Crippen molar-refractivity contribution in [2.24, 2.45) is 0 Å². The van der Waals surface area contributed by atoms with Crippen molar-refractivity contribution in [3.63, 3.8) is 0 Å². The Kier molecular flexibility index (Phi) is 5.22. The highest BCUT2D eigenvalue weighted by Crippen LogP contribution is 2.36. The van der Waals surface area contributed by atoms with Crippen LogP contribution in [-0.2, 0) is 10.3 Å². The van der Waals surface area contributed by atoms with Gasteiger partial charge in [-0.3, -0.25) is 4.90 Å². The Balaban J connectivity index is 1.20. The highest BCUT2D eigenvalue weighted by Gasteiger charge is 2.33. The van der Waals surface area contributed by atoms with Crippen LogP contribution in [0.5, 0.6) is 11.5 Å². The molecule has 0 saturated carbocycles. The second kappa shape index (κ2) is 8.02. The number of ether oxygens (including phenoxy) is 3. The summed E-state index contributed by atoms with van der Waals surface area (Å²) in [6.45, 7) is 7.27. The van der Waals surface area contributed by atoms with Crippen LogP contribution in [0.1, 0.15) is 36.9 Å². The van der Waals surface area contributed by atoms with Gasteiger partial charge in [0.15, 0.2) is 11.5 Å². The lowest BCUT2D eigenvalue weighted by molar-refractivity contribution is -0.0682. The summed E-state index contributed by atoms with van der Waals surface area (Å²) in [5.41, 5.74) is 1.15. The van der Waals surface area contributed by atoms with Gasteiger partial charge in [0.1, 0.15) is 0 Å². The lowest BCUT2D eigenvalue weighted by atomic mass is 9.88. The Hall–Kier alpha value is -2.42. The van der Waals surface area contributed by atoms with Gasteiger partial charge in [-0.2, -0.15) is 0 Å². The smallest absolute Gasteiger partial charge is 0.231 e. The third kappa shape index (κ3) is 3.71. The molecule has 8 nitrogen and oxygen atoms in total. The molecule has 8 heteroatoms. The van der Waals surface area contributed by atoms with E-state index in [1.165, 1.54) is 5.56 Å². The fourth-order valence-corrected chi connectivity index (χ4v) is 4.42. The molecule has 1 aromatic carbocycles. The van der Waals surface area contributed by atoms with Crippen molar-refractivity contribution in [2.75, 3.05) is 51.1 Å². The van der Waals surface area contributed by atoms with E-state index in [1.54, 1.807) is 12.4 Å². The predicted molar refractivity (Wildman–Crippen MR) is 111 cm³/mol. The fraction of sp³-hybridized carbons (Fsp3) is 0.545. The van der Waals surface area contributed by atoms with Crippen LogP contribution < -0.4 is 14.4 Å². The summed E-state index contributed by atoms with van der Waals surface area (Å²) in [6, 6.07) is 6.50. The van der Waals surface area contributed by atoms with Crippen molar-refractivity contribution in [2.45, 2.75) is 31.4 Å². The molecule has 1 atom stereocenters. The number of hydrogen-bond acceptors (Lipinski definition) is 8. The van der Waals surface area contributed by atoms with Crippen LogP contribution in [0.2, 0.25) is 0 Å². The quantitative estimate of drug-likeness (QED) is 0.818. The van der Waals surface area contributed by atoms with Gasteiger partial charge in [-0.1, -0.05) is 6.07 Å². The van der Waals surface area contributed by atoms with Crippen LogP contribution in [0.4, 0.5) is 5.95 Å². The minimum atomic E-state index is -0.866. The zero-order chi connectivity index (χ0) is 20.6. The van der Waals surface area contributed by atoms with E-state index < -0.39 is 5.60 Å². The highest BCUT2D eigenvalue weighted by molar-refractivity contribution is 5.45. The second-order valence-corrected chi connectivity index (χ2v) is 8.23. The minimum Gasteiger partial charge on any atom is -0.454 e. The number of fused-ring (bicyclic) bond motifs is 1. The lowest BCUT2D eigenvalue weighted by Gasteiger charge is -2.38. The van der Waals surface area contributed by atoms with Crippen LogP contribution in [0.3, 0.4) is 0 Å². The third-order valence-electron chi connectivity index (χ3n) is 6.52. The van der Waals surface area contributed by atoms with Crippen molar-refractivity contribution < 1.29 is 19.3 Å². The molecule has 3 aliphatic heterocycles. The van der Waals surface area contributed by atoms with E-state index >= 15 is 0 Å². The van der Waals surface area contributed by atoms with Crippen LogP contribution in [-0.4, -0.2) is 66.2 Å². The summed E-state index contributed by atoms with van der Waals surface area (Å²) in [6.07, 6.45) is 4.72. The maximum atomic E-state index is 10.8. The average Bonchev–Trinajstić information content (AvgIpc) is 3.27. The maximum Gasteiger partial charge on any atom is 0.231 e. The van der Waals surface area contributed by atoms with Crippen molar-refractivity contribution in [3.05, 3.63) is 41.7 Å². The molecule has 0 amide bonds. The topological polar surface area (TPSA) is 80.2 Å². The Morgan fingerprint density at radius 1 is 1.00 bits per heavy atom. The molecule has 1 N–H and O–H groups in total. The summed E-state index contributed by atoms with van der Waals surface area (Å²) in [5, 5.41) is 10.8. The van der Waals surface area contributed by atoms with Crippen LogP contribution in [0, 0.1) is 0 Å². The standard InChI is InChI=1S/C22H28N4O4/c1-16(17-2-3-19-20(12-17)30-15-29-19)25-6-8-26(9-7-25)21-23-13-18(14-24-21)22(27)4-10-28-11-5-22/h2-3,12-14,16,27H,4-11,15H2,1H3. The summed E-state index contributed by atoms with van der Waals surface area (Å²) >= 11 is 0. The Morgan fingerprint density at radius 2 is 1.70 bits per heavy atom. The molecule has 4 heterocycles. The number of aliphatic hydroxyl groups is 1. The molecule has 0 bridgehead atoms. The van der Waals surface area contributed by atoms with Gasteiger partial charge < -0.3 is 24.2 Å². The van der Waals surface area contributed by atoms with Gasteiger partial charge in [0, 0.05) is 76.2 Å². The van der Waals surface area contributed by atoms with Crippen molar-refractivity contribution in [1.82, 2.24) is 14.9 Å². The van der Waals surface area contributed by atoms with E-state index in [9.17, 15) is 5.11 Å². The molecule has 2 aromatic rings. The fourth-order valence-electron chi connectivity index (χ4n) is 4.42. The molecule has 0 spiro atoms. The maximum absolute atomic E-state index is 10.8. The van der Waals surface area contributed by atoms with Gasteiger partial charge >= 0.3 is 0 Å². The molecule has 30 heavy (non-hydrogen) atoms. The highest BCUT2D eigenvalue weighted by atomic mass is 16.7. The summed E-state index contributed by atoms with van der Waals surface area (Å²) < 4.78 is 16.3. The number of hydrogen-bond donors (Lipinski definition) is 1. The lowest BCUT2D eigenvalue weighted by Crippen LogP contribution is -2.47. The Labute approximate surface area is 176 Å². The first-order chi connectivity index (χ1) is 14.6. The molecule has 0 radical (unpaired) electrons. The Morgan fingerprint density at radius 3 is 2.43 bits per heavy atom. The largest absolute Gasteiger partial charge is 0.454 e. The van der Waals surface area contributed by atoms with Gasteiger partial charge in [-0.25, -0.2) is 9.97 Å². The van der Waals surface area contributed by atoms with Crippen molar-refractivity contribution in [1.29, 1.82) is 0 Å². The molecule has 1 aromatic heterocycles. The van der Waals surface area contributed by atoms with Crippen LogP contribution in [0.15, 0.2) is 30.6 Å². The first-order valence-corrected chi connectivity index (χ1v) is 10.6. The van der Waals surface area contributed by atoms with Crippen LogP contribution in [0.25, 0.3) is 0 Å². The second-order valence-electron chi connectivity index (χ2n) is 8.23. The minimum absolute atomic E-state index is 0.299. The molecular formula is C22H28N4O4. The van der Waals surface area contributed by atoms with Gasteiger partial charge in [-0.05, 0) is 24.6 Å². The van der Waals surface area contributed by atoms with Gasteiger partial charge in [0.2, 0.25) is 12.7 Å². The van der Waals surface area contributed by atoms with Crippen LogP contribution >= 0.6 is 0 Å². The van der Waals surface area contributed by atoms with Crippen molar-refractivity contribution in [3.8, 4) is 11.5 Å². The van der Waals surface area contributed by atoms with E-state index in [0.717, 1.165) is 49.2 Å². The molecule has 2 fully saturated rings. The zero-order valence-corrected chi connectivity index (χ0v) is 17.3. The molecule has 3 aliphatic rings. The third-order valence-corrected chi connectivity index (χ3v) is 6.52. The molecule has 2 saturated heterocycles. The van der Waals surface area contributed by atoms with Gasteiger partial charge in [0.25, 0.3) is 0 Å². The number of nitrogens with zero attached hydrogens (tertiary/aromatic N) is 4. The number of benzene rings is 1. The number of rotatable bonds is 4. The normalized spacial score (nSPS) is 22.1. The first-order valence-electron chi connectivity index (χ1n) is 10.6. The molecule has 5 rings (SSSR count). The number of aromatic nitrogens is 2. The van der Waals surface area contributed by atoms with E-state index in [4.69, 9.17) is 14.2 Å². The molecule has 1 unspecified atom stereocenters. The zero-order valence-electron chi connectivity index (χ0n) is 17.3. The summed E-state index contributed by atoms with van der Waals surface area (Å²) in [5.74, 6) is 2.38. The molecule has 160 valence electrons.